The standard InChI is InChI=1S/C40H49N7OS/c1-6-10-18-29(8-3)26-46(27-30(9-4)19-11-7-2)40-44-36(32-22-16-13-17-23-32)38(49-40)43-35-28(5)33(25-41)39(48)47-37(35)42-34(45-47)24-31-20-14-12-15-21-31/h12-17,20-23,29-30H,6-11,18-19,24,26-27H2,1-5H3. The second-order valence-corrected chi connectivity index (χ2v) is 14.0. The van der Waals surface area contributed by atoms with Crippen LogP contribution in [0.2, 0.25) is 0 Å². The number of carbonyl (C=O) groups is 1. The van der Waals surface area contributed by atoms with Gasteiger partial charge in [-0.3, -0.25) is 4.79 Å². The van der Waals surface area contributed by atoms with E-state index in [1.165, 1.54) is 43.2 Å². The molecule has 0 fully saturated rings. The highest BCUT2D eigenvalue weighted by Crippen LogP contribution is 2.42. The van der Waals surface area contributed by atoms with Crippen LogP contribution >= 0.6 is 11.3 Å². The van der Waals surface area contributed by atoms with E-state index in [-0.39, 0.29) is 5.57 Å². The number of carbonyl (C=O) groups excluding carboxylic acids is 1. The molecule has 49 heavy (non-hydrogen) atoms. The molecular formula is C40H49N7OS. The summed E-state index contributed by atoms with van der Waals surface area (Å²) in [4.78, 5) is 31.3. The number of benzene rings is 2. The molecule has 1 aliphatic rings. The Morgan fingerprint density at radius 3 is 2.08 bits per heavy atom. The van der Waals surface area contributed by atoms with Gasteiger partial charge in [-0.15, -0.1) is 5.10 Å². The smallest absolute Gasteiger partial charge is 0.291 e. The highest BCUT2D eigenvalue weighted by atomic mass is 32.1. The first-order chi connectivity index (χ1) is 23.9. The molecule has 4 aromatic rings. The summed E-state index contributed by atoms with van der Waals surface area (Å²) in [5.74, 6) is 1.54. The molecule has 0 bridgehead atoms. The van der Waals surface area contributed by atoms with E-state index in [0.29, 0.717) is 41.2 Å². The van der Waals surface area contributed by atoms with Gasteiger partial charge in [0, 0.05) is 30.6 Å². The van der Waals surface area contributed by atoms with Gasteiger partial charge < -0.3 is 4.90 Å². The molecule has 9 heteroatoms. The van der Waals surface area contributed by atoms with E-state index in [4.69, 9.17) is 15.0 Å². The molecule has 2 unspecified atom stereocenters. The Hall–Kier alpha value is -4.42. The second kappa shape index (κ2) is 17.3. The SMILES string of the molecule is CCCCC(CC)CN(CC(CC)CCCC)c1nc(-c2ccccc2)c(N=C2C(C)=C(C#N)C(=O)n3nc(Cc4ccccc4)nc32)s1. The van der Waals surface area contributed by atoms with Gasteiger partial charge in [0.05, 0.1) is 0 Å². The third-order valence-electron chi connectivity index (χ3n) is 9.49. The molecule has 0 amide bonds. The number of nitriles is 1. The van der Waals surface area contributed by atoms with Gasteiger partial charge in [0.15, 0.2) is 16.8 Å². The van der Waals surface area contributed by atoms with Crippen LogP contribution in [-0.2, 0) is 6.42 Å². The normalized spacial score (nSPS) is 14.9. The average Bonchev–Trinajstić information content (AvgIpc) is 3.75. The Balaban J connectivity index is 1.63. The van der Waals surface area contributed by atoms with Gasteiger partial charge in [-0.25, -0.2) is 15.0 Å². The largest absolute Gasteiger partial charge is 0.347 e. The van der Waals surface area contributed by atoms with Crippen LogP contribution in [0.15, 0.2) is 76.8 Å². The molecular weight excluding hydrogens is 627 g/mol. The zero-order valence-electron chi connectivity index (χ0n) is 29.7. The topological polar surface area (TPSA) is 100 Å². The van der Waals surface area contributed by atoms with Crippen molar-refractivity contribution in [1.29, 1.82) is 5.26 Å². The van der Waals surface area contributed by atoms with E-state index in [2.05, 4.69) is 55.9 Å². The molecule has 8 nitrogen and oxygen atoms in total. The number of anilines is 1. The average molecular weight is 676 g/mol. The van der Waals surface area contributed by atoms with Crippen molar-refractivity contribution < 1.29 is 4.79 Å². The van der Waals surface area contributed by atoms with Crippen molar-refractivity contribution in [3.05, 3.63) is 89.0 Å². The van der Waals surface area contributed by atoms with Gasteiger partial charge in [-0.1, -0.05) is 138 Å². The number of fused-ring (bicyclic) bond motifs is 1. The maximum atomic E-state index is 13.4. The Morgan fingerprint density at radius 2 is 1.51 bits per heavy atom. The molecule has 0 N–H and O–H groups in total. The summed E-state index contributed by atoms with van der Waals surface area (Å²) in [6.45, 7) is 12.8. The van der Waals surface area contributed by atoms with Crippen molar-refractivity contribution in [2.24, 2.45) is 16.8 Å². The lowest BCUT2D eigenvalue weighted by Gasteiger charge is -2.30. The zero-order chi connectivity index (χ0) is 34.8. The van der Waals surface area contributed by atoms with E-state index in [9.17, 15) is 10.1 Å². The molecule has 0 saturated carbocycles. The maximum absolute atomic E-state index is 13.4. The van der Waals surface area contributed by atoms with E-state index in [1.54, 1.807) is 18.3 Å². The van der Waals surface area contributed by atoms with Gasteiger partial charge in [0.2, 0.25) is 0 Å². The third-order valence-corrected chi connectivity index (χ3v) is 10.5. The first-order valence-corrected chi connectivity index (χ1v) is 18.8. The molecule has 2 aromatic carbocycles. The van der Waals surface area contributed by atoms with Crippen molar-refractivity contribution in [3.8, 4) is 17.3 Å². The highest BCUT2D eigenvalue weighted by Gasteiger charge is 2.33. The lowest BCUT2D eigenvalue weighted by atomic mass is 9.96. The van der Waals surface area contributed by atoms with Crippen molar-refractivity contribution >= 4 is 33.1 Å². The van der Waals surface area contributed by atoms with E-state index < -0.39 is 5.91 Å². The molecule has 2 aromatic heterocycles. The maximum Gasteiger partial charge on any atom is 0.291 e. The van der Waals surface area contributed by atoms with Gasteiger partial charge in [-0.2, -0.15) is 9.94 Å². The first kappa shape index (κ1) is 35.9. The number of thiazole rings is 1. The van der Waals surface area contributed by atoms with Crippen LogP contribution in [0.5, 0.6) is 0 Å². The molecule has 0 saturated heterocycles. The van der Waals surface area contributed by atoms with Gasteiger partial charge in [-0.05, 0) is 37.2 Å². The summed E-state index contributed by atoms with van der Waals surface area (Å²) in [7, 11) is 0. The fraction of sp³-hybridized carbons (Fsp3) is 0.450. The lowest BCUT2D eigenvalue weighted by Crippen LogP contribution is -2.34. The lowest BCUT2D eigenvalue weighted by molar-refractivity contribution is 0.0941. The van der Waals surface area contributed by atoms with Crippen LogP contribution in [0.1, 0.15) is 108 Å². The molecule has 0 radical (unpaired) electrons. The zero-order valence-corrected chi connectivity index (χ0v) is 30.5. The van der Waals surface area contributed by atoms with Crippen molar-refractivity contribution in [2.75, 3.05) is 18.0 Å². The third kappa shape index (κ3) is 8.60. The Morgan fingerprint density at radius 1 is 0.898 bits per heavy atom. The van der Waals surface area contributed by atoms with E-state index in [0.717, 1.165) is 52.9 Å². The van der Waals surface area contributed by atoms with E-state index >= 15 is 0 Å². The number of unbranched alkanes of at least 4 members (excludes halogenated alkanes) is 2. The fourth-order valence-electron chi connectivity index (χ4n) is 6.41. The van der Waals surface area contributed by atoms with Crippen LogP contribution in [0.3, 0.4) is 0 Å². The van der Waals surface area contributed by atoms with Crippen molar-refractivity contribution in [3.63, 3.8) is 0 Å². The molecule has 0 aliphatic carbocycles. The van der Waals surface area contributed by atoms with Crippen LogP contribution in [0.25, 0.3) is 11.3 Å². The molecule has 0 spiro atoms. The van der Waals surface area contributed by atoms with Crippen LogP contribution in [0, 0.1) is 23.2 Å². The minimum absolute atomic E-state index is 0.0264. The summed E-state index contributed by atoms with van der Waals surface area (Å²) in [5, 5.41) is 16.3. The minimum atomic E-state index is -0.476. The summed E-state index contributed by atoms with van der Waals surface area (Å²) >= 11 is 1.58. The molecule has 3 heterocycles. The molecule has 256 valence electrons. The second-order valence-electron chi connectivity index (χ2n) is 13.1. The number of allylic oxidation sites excluding steroid dienone is 2. The van der Waals surface area contributed by atoms with Gasteiger partial charge in [0.25, 0.3) is 5.91 Å². The van der Waals surface area contributed by atoms with E-state index in [1.807, 2.05) is 48.5 Å². The molecule has 1 aliphatic heterocycles. The number of hydrogen-bond acceptors (Lipinski definition) is 8. The molecule has 2 atom stereocenters. The highest BCUT2D eigenvalue weighted by molar-refractivity contribution is 7.19. The predicted octanol–water partition coefficient (Wildman–Crippen LogP) is 9.85. The summed E-state index contributed by atoms with van der Waals surface area (Å²) in [6, 6.07) is 22.2. The summed E-state index contributed by atoms with van der Waals surface area (Å²) in [6.07, 6.45) is 9.97. The quantitative estimate of drug-likeness (QED) is 0.110. The van der Waals surface area contributed by atoms with Crippen LogP contribution < -0.4 is 4.90 Å². The van der Waals surface area contributed by atoms with Crippen LogP contribution in [0.4, 0.5) is 10.1 Å². The fourth-order valence-corrected chi connectivity index (χ4v) is 7.39. The van der Waals surface area contributed by atoms with Crippen LogP contribution in [-0.4, -0.2) is 44.5 Å². The Bertz CT molecular complexity index is 1780. The summed E-state index contributed by atoms with van der Waals surface area (Å²) < 4.78 is 1.25. The molecule has 5 rings (SSSR count). The van der Waals surface area contributed by atoms with Gasteiger partial charge in [0.1, 0.15) is 28.0 Å². The number of rotatable bonds is 17. The van der Waals surface area contributed by atoms with Gasteiger partial charge >= 0.3 is 0 Å². The predicted molar refractivity (Wildman–Crippen MR) is 201 cm³/mol. The minimum Gasteiger partial charge on any atom is -0.347 e. The number of aromatic nitrogens is 4. The Labute approximate surface area is 295 Å². The Kier molecular flexibility index (Phi) is 12.7. The number of nitrogens with zero attached hydrogens (tertiary/aromatic N) is 7. The van der Waals surface area contributed by atoms with Crippen molar-refractivity contribution in [2.45, 2.75) is 92.4 Å². The summed E-state index contributed by atoms with van der Waals surface area (Å²) in [5.41, 5.74) is 3.80. The number of aliphatic imine (C=N–C) groups is 1. The number of hydrogen-bond donors (Lipinski definition) is 0. The first-order valence-electron chi connectivity index (χ1n) is 18.0. The van der Waals surface area contributed by atoms with Crippen molar-refractivity contribution in [1.82, 2.24) is 19.7 Å². The monoisotopic (exact) mass is 675 g/mol.